The third-order valence-corrected chi connectivity index (χ3v) is 4.43. The molecule has 0 saturated carbocycles. The van der Waals surface area contributed by atoms with Gasteiger partial charge in [-0.25, -0.2) is 4.79 Å². The lowest BCUT2D eigenvalue weighted by molar-refractivity contribution is -0.126. The zero-order valence-electron chi connectivity index (χ0n) is 13.2. The number of rotatable bonds is 4. The minimum Gasteiger partial charge on any atom is -0.336 e. The second-order valence-corrected chi connectivity index (χ2v) is 6.06. The number of nitrogens with one attached hydrogen (secondary N) is 1. The van der Waals surface area contributed by atoms with E-state index >= 15 is 0 Å². The van der Waals surface area contributed by atoms with Crippen LogP contribution in [0.25, 0.3) is 0 Å². The normalized spacial score (nSPS) is 21.0. The van der Waals surface area contributed by atoms with Crippen molar-refractivity contribution < 1.29 is 14.4 Å². The predicted octanol–water partition coefficient (Wildman–Crippen LogP) is 1.41. The van der Waals surface area contributed by atoms with Gasteiger partial charge in [-0.15, -0.1) is 0 Å². The fraction of sp³-hybridized carbons (Fsp3) is 0.471. The van der Waals surface area contributed by atoms with Gasteiger partial charge in [0.2, 0.25) is 5.91 Å². The average molecular weight is 315 g/mol. The van der Waals surface area contributed by atoms with Crippen molar-refractivity contribution in [2.24, 2.45) is 0 Å². The first kappa shape index (κ1) is 15.5. The van der Waals surface area contributed by atoms with Gasteiger partial charge in [-0.3, -0.25) is 14.5 Å². The highest BCUT2D eigenvalue weighted by atomic mass is 16.2. The van der Waals surface area contributed by atoms with Gasteiger partial charge in [0.25, 0.3) is 5.91 Å². The summed E-state index contributed by atoms with van der Waals surface area (Å²) >= 11 is 0. The molecule has 3 rings (SSSR count). The third-order valence-electron chi connectivity index (χ3n) is 4.43. The molecule has 6 nitrogen and oxygen atoms in total. The number of hydrogen-bond acceptors (Lipinski definition) is 3. The van der Waals surface area contributed by atoms with Gasteiger partial charge in [0, 0.05) is 18.7 Å². The topological polar surface area (TPSA) is 69.7 Å². The van der Waals surface area contributed by atoms with Crippen LogP contribution in [0.1, 0.15) is 35.7 Å². The monoisotopic (exact) mass is 315 g/mol. The summed E-state index contributed by atoms with van der Waals surface area (Å²) in [5, 5.41) is 2.52. The van der Waals surface area contributed by atoms with Crippen molar-refractivity contribution in [1.82, 2.24) is 15.1 Å². The van der Waals surface area contributed by atoms with Crippen LogP contribution < -0.4 is 5.32 Å². The molecule has 23 heavy (non-hydrogen) atoms. The van der Waals surface area contributed by atoms with Crippen LogP contribution >= 0.6 is 0 Å². The highest BCUT2D eigenvalue weighted by molar-refractivity contribution is 6.02. The van der Waals surface area contributed by atoms with Gasteiger partial charge in [-0.05, 0) is 30.5 Å². The van der Waals surface area contributed by atoms with Crippen molar-refractivity contribution in [1.29, 1.82) is 0 Å². The van der Waals surface area contributed by atoms with Crippen LogP contribution in [0.2, 0.25) is 0 Å². The minimum atomic E-state index is -0.349. The number of amides is 4. The van der Waals surface area contributed by atoms with E-state index in [4.69, 9.17) is 0 Å². The van der Waals surface area contributed by atoms with Crippen LogP contribution in [0.15, 0.2) is 24.3 Å². The van der Waals surface area contributed by atoms with Crippen LogP contribution in [0.3, 0.4) is 0 Å². The van der Waals surface area contributed by atoms with Gasteiger partial charge in [0.15, 0.2) is 0 Å². The van der Waals surface area contributed by atoms with E-state index in [1.807, 2.05) is 24.3 Å². The minimum absolute atomic E-state index is 0.0393. The van der Waals surface area contributed by atoms with E-state index in [1.54, 1.807) is 4.90 Å². The zero-order chi connectivity index (χ0) is 16.4. The van der Waals surface area contributed by atoms with Gasteiger partial charge in [0.05, 0.1) is 12.6 Å². The molecule has 2 aliphatic rings. The fourth-order valence-electron chi connectivity index (χ4n) is 3.23. The summed E-state index contributed by atoms with van der Waals surface area (Å²) < 4.78 is 0. The Kier molecular flexibility index (Phi) is 4.32. The Morgan fingerprint density at radius 2 is 2.00 bits per heavy atom. The maximum absolute atomic E-state index is 12.6. The molecule has 2 saturated heterocycles. The molecule has 2 aliphatic heterocycles. The number of nitrogens with zero attached hydrogens (tertiary/aromatic N) is 2. The Labute approximate surface area is 135 Å². The van der Waals surface area contributed by atoms with E-state index < -0.39 is 0 Å². The number of urea groups is 1. The van der Waals surface area contributed by atoms with E-state index in [0.717, 1.165) is 12.8 Å². The zero-order valence-corrected chi connectivity index (χ0v) is 13.2. The van der Waals surface area contributed by atoms with E-state index in [2.05, 4.69) is 12.2 Å². The van der Waals surface area contributed by atoms with Crippen LogP contribution in [-0.2, 0) is 11.2 Å². The van der Waals surface area contributed by atoms with E-state index in [1.165, 1.54) is 10.5 Å². The molecule has 122 valence electrons. The highest BCUT2D eigenvalue weighted by Gasteiger charge is 2.39. The van der Waals surface area contributed by atoms with Gasteiger partial charge < -0.3 is 10.2 Å². The van der Waals surface area contributed by atoms with Crippen molar-refractivity contribution in [2.45, 2.75) is 32.2 Å². The lowest BCUT2D eigenvalue weighted by atomic mass is 10.1. The lowest BCUT2D eigenvalue weighted by Crippen LogP contribution is -2.42. The number of imide groups is 1. The molecule has 6 heteroatoms. The summed E-state index contributed by atoms with van der Waals surface area (Å²) in [6.45, 7) is 3.16. The summed E-state index contributed by atoms with van der Waals surface area (Å²) in [6.07, 6.45) is 2.72. The van der Waals surface area contributed by atoms with Crippen LogP contribution in [0.4, 0.5) is 4.79 Å². The number of carbonyl (C=O) groups excluding carboxylic acids is 3. The molecule has 0 spiro atoms. The van der Waals surface area contributed by atoms with Crippen LogP contribution in [0.5, 0.6) is 0 Å². The molecule has 1 unspecified atom stereocenters. The van der Waals surface area contributed by atoms with Gasteiger partial charge >= 0.3 is 6.03 Å². The molecule has 0 aromatic heterocycles. The van der Waals surface area contributed by atoms with Crippen LogP contribution in [0, 0.1) is 0 Å². The average Bonchev–Trinajstić information content (AvgIpc) is 3.14. The Bertz CT molecular complexity index is 610. The molecule has 0 aliphatic carbocycles. The predicted molar refractivity (Wildman–Crippen MR) is 85.0 cm³/mol. The second-order valence-electron chi connectivity index (χ2n) is 6.06. The van der Waals surface area contributed by atoms with E-state index in [9.17, 15) is 14.4 Å². The molecule has 1 aromatic carbocycles. The quantitative estimate of drug-likeness (QED) is 0.854. The number of benzene rings is 1. The number of likely N-dealkylation sites (tertiary alicyclic amines) is 1. The maximum atomic E-state index is 12.6. The lowest BCUT2D eigenvalue weighted by Gasteiger charge is -2.21. The van der Waals surface area contributed by atoms with Crippen LogP contribution in [-0.4, -0.2) is 53.3 Å². The second kappa shape index (κ2) is 6.40. The van der Waals surface area contributed by atoms with Crippen molar-refractivity contribution >= 4 is 17.8 Å². The van der Waals surface area contributed by atoms with E-state index in [0.29, 0.717) is 25.1 Å². The number of hydrogen-bond donors (Lipinski definition) is 1. The Balaban J connectivity index is 1.65. The first-order valence-corrected chi connectivity index (χ1v) is 8.08. The van der Waals surface area contributed by atoms with E-state index in [-0.39, 0.29) is 30.4 Å². The van der Waals surface area contributed by atoms with Crippen molar-refractivity contribution in [2.75, 3.05) is 19.6 Å². The summed E-state index contributed by atoms with van der Waals surface area (Å²) in [6, 6.07) is 7.12. The van der Waals surface area contributed by atoms with Gasteiger partial charge in [0.1, 0.15) is 0 Å². The van der Waals surface area contributed by atoms with Gasteiger partial charge in [-0.2, -0.15) is 0 Å². The molecular weight excluding hydrogens is 294 g/mol. The first-order valence-electron chi connectivity index (χ1n) is 8.08. The molecule has 4 amide bonds. The molecule has 0 radical (unpaired) electrons. The molecular formula is C17H21N3O3. The summed E-state index contributed by atoms with van der Waals surface area (Å²) in [4.78, 5) is 39.0. The Hall–Kier alpha value is -2.37. The third kappa shape index (κ3) is 3.06. The summed E-state index contributed by atoms with van der Waals surface area (Å²) in [7, 11) is 0. The fourth-order valence-corrected chi connectivity index (χ4v) is 3.23. The van der Waals surface area contributed by atoms with Crippen molar-refractivity contribution in [3.05, 3.63) is 35.4 Å². The van der Waals surface area contributed by atoms with Gasteiger partial charge in [-0.1, -0.05) is 25.5 Å². The molecule has 1 N–H and O–H groups in total. The summed E-state index contributed by atoms with van der Waals surface area (Å²) in [5.74, 6) is -0.249. The summed E-state index contributed by atoms with van der Waals surface area (Å²) in [5.41, 5.74) is 1.88. The molecule has 0 bridgehead atoms. The standard InChI is InChI=1S/C17H21N3O3/c1-2-3-12-4-6-13(7-5-12)16(22)19-9-8-14(11-19)20-15(21)10-18-17(20)23/h4-7,14H,2-3,8-11H2,1H3,(H,18,23). The Morgan fingerprint density at radius 3 is 2.61 bits per heavy atom. The molecule has 1 aromatic rings. The van der Waals surface area contributed by atoms with Crippen molar-refractivity contribution in [3.63, 3.8) is 0 Å². The SMILES string of the molecule is CCCc1ccc(C(=O)N2CCC(N3C(=O)CNC3=O)C2)cc1. The number of carbonyl (C=O) groups is 3. The molecule has 1 atom stereocenters. The molecule has 2 heterocycles. The first-order chi connectivity index (χ1) is 11.1. The highest BCUT2D eigenvalue weighted by Crippen LogP contribution is 2.20. The number of aryl methyl sites for hydroxylation is 1. The largest absolute Gasteiger partial charge is 0.336 e. The Morgan fingerprint density at radius 1 is 1.26 bits per heavy atom. The molecule has 2 fully saturated rings. The van der Waals surface area contributed by atoms with Crippen molar-refractivity contribution in [3.8, 4) is 0 Å². The smallest absolute Gasteiger partial charge is 0.324 e. The maximum Gasteiger partial charge on any atom is 0.324 e.